The van der Waals surface area contributed by atoms with Gasteiger partial charge < -0.3 is 29.5 Å². The van der Waals surface area contributed by atoms with E-state index in [1.54, 1.807) is 0 Å². The Balaban J connectivity index is 1.38. The predicted octanol–water partition coefficient (Wildman–Crippen LogP) is 3.76. The third-order valence-electron chi connectivity index (χ3n) is 10.1. The van der Waals surface area contributed by atoms with Gasteiger partial charge in [0.15, 0.2) is 6.29 Å². The lowest BCUT2D eigenvalue weighted by atomic mass is 9.48. The fraction of sp³-hybridized carbons (Fsp3) is 0.885. The van der Waals surface area contributed by atoms with Gasteiger partial charge >= 0.3 is 5.97 Å². The Bertz CT molecular complexity index is 814. The Morgan fingerprint density at radius 3 is 2.64 bits per heavy atom. The highest BCUT2D eigenvalue weighted by Crippen LogP contribution is 2.62. The van der Waals surface area contributed by atoms with E-state index in [0.717, 1.165) is 69.8 Å². The molecule has 7 heteroatoms. The fourth-order valence-electron chi connectivity index (χ4n) is 8.03. The molecule has 0 aromatic carbocycles. The summed E-state index contributed by atoms with van der Waals surface area (Å²) in [7, 11) is 0. The minimum absolute atomic E-state index is 0.0224. The number of aliphatic hydroxyl groups excluding tert-OH is 1. The van der Waals surface area contributed by atoms with Gasteiger partial charge in [0.1, 0.15) is 12.2 Å². The van der Waals surface area contributed by atoms with E-state index < -0.39 is 41.3 Å². The quantitative estimate of drug-likeness (QED) is 0.429. The number of fused-ring (bicyclic) bond motifs is 6. The number of hydrogen-bond donors (Lipinski definition) is 3. The number of aliphatic carboxylic acids is 1. The zero-order valence-electron chi connectivity index (χ0n) is 20.1. The monoisotopic (exact) mass is 464 g/mol. The second-order valence-corrected chi connectivity index (χ2v) is 11.9. The summed E-state index contributed by atoms with van der Waals surface area (Å²) in [6.07, 6.45) is 7.62. The molecule has 6 fully saturated rings. The van der Waals surface area contributed by atoms with Crippen LogP contribution in [0.2, 0.25) is 0 Å². The van der Waals surface area contributed by atoms with Crippen molar-refractivity contribution in [2.45, 2.75) is 114 Å². The van der Waals surface area contributed by atoms with Crippen LogP contribution in [0.25, 0.3) is 0 Å². The lowest BCUT2D eigenvalue weighted by molar-refractivity contribution is -0.260. The van der Waals surface area contributed by atoms with Crippen molar-refractivity contribution in [1.82, 2.24) is 0 Å². The maximum atomic E-state index is 12.4. The van der Waals surface area contributed by atoms with Gasteiger partial charge in [-0.2, -0.15) is 0 Å². The van der Waals surface area contributed by atoms with Crippen LogP contribution in [0.5, 0.6) is 0 Å². The van der Waals surface area contributed by atoms with Crippen molar-refractivity contribution in [1.29, 1.82) is 0 Å². The van der Waals surface area contributed by atoms with Crippen molar-refractivity contribution in [2.24, 2.45) is 22.7 Å². The summed E-state index contributed by atoms with van der Waals surface area (Å²) >= 11 is 0. The van der Waals surface area contributed by atoms with Gasteiger partial charge in [-0.1, -0.05) is 32.8 Å². The molecule has 2 saturated heterocycles. The fourth-order valence-corrected chi connectivity index (χ4v) is 8.03. The molecule has 2 aliphatic heterocycles. The number of carboxylic acids is 1. The molecule has 2 heterocycles. The standard InChI is InChI=1S/C26H40O7/c1-16-13-17-8-12-25(16,32-20-14-26(30)21(33-26)18(15-27)31-20)11-5-4-7-19-23(17,2)9-6-10-24(19,3)22(28)29/h17-21,27,30H,1,4-15H2,2-3H3,(H,28,29)/t17-,18?,19?,20?,21?,23+,24-,25-,26?/m1/s1. The van der Waals surface area contributed by atoms with Crippen molar-refractivity contribution >= 4 is 5.97 Å². The molecule has 4 aliphatic carbocycles. The van der Waals surface area contributed by atoms with Gasteiger partial charge in [0.2, 0.25) is 5.79 Å². The zero-order valence-corrected chi connectivity index (χ0v) is 20.1. The van der Waals surface area contributed by atoms with E-state index in [1.807, 2.05) is 6.92 Å². The van der Waals surface area contributed by atoms with Crippen LogP contribution in [0, 0.1) is 22.7 Å². The Kier molecular flexibility index (Phi) is 5.77. The molecule has 3 N–H and O–H groups in total. The second kappa shape index (κ2) is 8.02. The van der Waals surface area contributed by atoms with Crippen molar-refractivity contribution in [3.05, 3.63) is 12.2 Å². The molecule has 0 aromatic heterocycles. The lowest BCUT2D eigenvalue weighted by Crippen LogP contribution is -2.54. The molecule has 6 aliphatic rings. The largest absolute Gasteiger partial charge is 0.481 e. The summed E-state index contributed by atoms with van der Waals surface area (Å²) in [6, 6.07) is 0. The second-order valence-electron chi connectivity index (χ2n) is 11.9. The number of epoxide rings is 1. The number of ether oxygens (including phenoxy) is 3. The third kappa shape index (κ3) is 3.70. The highest BCUT2D eigenvalue weighted by molar-refractivity contribution is 5.75. The number of carbonyl (C=O) groups is 1. The Labute approximate surface area is 196 Å². The normalized spacial score (nSPS) is 52.0. The van der Waals surface area contributed by atoms with Gasteiger partial charge in [-0.3, -0.25) is 4.79 Å². The summed E-state index contributed by atoms with van der Waals surface area (Å²) in [4.78, 5) is 12.4. The maximum Gasteiger partial charge on any atom is 0.309 e. The van der Waals surface area contributed by atoms with Crippen LogP contribution < -0.4 is 0 Å². The van der Waals surface area contributed by atoms with Crippen LogP contribution in [0.15, 0.2) is 12.2 Å². The first-order valence-corrected chi connectivity index (χ1v) is 12.8. The van der Waals surface area contributed by atoms with Crippen molar-refractivity contribution in [3.8, 4) is 0 Å². The van der Waals surface area contributed by atoms with Crippen molar-refractivity contribution in [2.75, 3.05) is 6.61 Å². The van der Waals surface area contributed by atoms with E-state index in [1.165, 1.54) is 0 Å². The van der Waals surface area contributed by atoms with E-state index in [4.69, 9.17) is 14.2 Å². The molecule has 7 nitrogen and oxygen atoms in total. The minimum atomic E-state index is -1.26. The predicted molar refractivity (Wildman–Crippen MR) is 120 cm³/mol. The smallest absolute Gasteiger partial charge is 0.309 e. The molecule has 0 radical (unpaired) electrons. The van der Waals surface area contributed by atoms with Gasteiger partial charge in [-0.15, -0.1) is 0 Å². The van der Waals surface area contributed by atoms with Gasteiger partial charge in [0.05, 0.1) is 24.0 Å². The molecule has 0 spiro atoms. The molecule has 4 saturated carbocycles. The summed E-state index contributed by atoms with van der Waals surface area (Å²) in [5, 5.41) is 30.4. The molecule has 6 rings (SSSR count). The first kappa shape index (κ1) is 23.7. The SMILES string of the molecule is C=C1C[C@H]2CC[C@]1(OC1CC3(O)OC3C(CO)O1)CCCCC1[C@](C)(C(=O)O)CCC[C@]12C. The van der Waals surface area contributed by atoms with E-state index in [9.17, 15) is 20.1 Å². The van der Waals surface area contributed by atoms with E-state index in [2.05, 4.69) is 13.5 Å². The van der Waals surface area contributed by atoms with Crippen molar-refractivity contribution in [3.63, 3.8) is 0 Å². The van der Waals surface area contributed by atoms with Gasteiger partial charge in [0.25, 0.3) is 0 Å². The number of carboxylic acid groups (broad SMARTS) is 1. The number of hydrogen-bond acceptors (Lipinski definition) is 6. The highest BCUT2D eigenvalue weighted by Gasteiger charge is 2.65. The molecular formula is C26H40O7. The summed E-state index contributed by atoms with van der Waals surface area (Å²) in [5.41, 5.74) is -0.124. The topological polar surface area (TPSA) is 109 Å². The molecule has 0 aromatic rings. The average Bonchev–Trinajstić information content (AvgIpc) is 3.45. The molecule has 33 heavy (non-hydrogen) atoms. The zero-order chi connectivity index (χ0) is 23.6. The Morgan fingerprint density at radius 1 is 1.15 bits per heavy atom. The summed E-state index contributed by atoms with van der Waals surface area (Å²) in [5.74, 6) is -1.34. The summed E-state index contributed by atoms with van der Waals surface area (Å²) in [6.45, 7) is 8.59. The average molecular weight is 465 g/mol. The van der Waals surface area contributed by atoms with Gasteiger partial charge in [-0.25, -0.2) is 0 Å². The molecular weight excluding hydrogens is 424 g/mol. The molecule has 5 unspecified atom stereocenters. The van der Waals surface area contributed by atoms with Crippen molar-refractivity contribution < 1.29 is 34.3 Å². The first-order valence-electron chi connectivity index (χ1n) is 12.8. The molecule has 186 valence electrons. The maximum absolute atomic E-state index is 12.4. The van der Waals surface area contributed by atoms with Crippen LogP contribution in [0.4, 0.5) is 0 Å². The van der Waals surface area contributed by atoms with Crippen LogP contribution in [-0.2, 0) is 19.0 Å². The Morgan fingerprint density at radius 2 is 1.94 bits per heavy atom. The van der Waals surface area contributed by atoms with E-state index >= 15 is 0 Å². The first-order chi connectivity index (χ1) is 15.6. The van der Waals surface area contributed by atoms with E-state index in [0.29, 0.717) is 5.92 Å². The van der Waals surface area contributed by atoms with Gasteiger partial charge in [-0.05, 0) is 74.7 Å². The highest BCUT2D eigenvalue weighted by atomic mass is 16.8. The molecule has 0 amide bonds. The van der Waals surface area contributed by atoms with Crippen LogP contribution >= 0.6 is 0 Å². The third-order valence-corrected chi connectivity index (χ3v) is 10.1. The van der Waals surface area contributed by atoms with Crippen LogP contribution in [0.1, 0.15) is 84.5 Å². The Hall–Kier alpha value is -0.990. The number of aliphatic hydroxyl groups is 2. The van der Waals surface area contributed by atoms with Crippen LogP contribution in [0.3, 0.4) is 0 Å². The minimum Gasteiger partial charge on any atom is -0.481 e. The summed E-state index contributed by atoms with van der Waals surface area (Å²) < 4.78 is 18.0. The molecule has 9 atom stereocenters. The molecule has 2 bridgehead atoms. The van der Waals surface area contributed by atoms with Gasteiger partial charge in [0, 0.05) is 0 Å². The van der Waals surface area contributed by atoms with Crippen LogP contribution in [-0.4, -0.2) is 57.8 Å². The number of rotatable bonds is 4. The lowest BCUT2D eigenvalue weighted by Gasteiger charge is -2.57. The van der Waals surface area contributed by atoms with E-state index in [-0.39, 0.29) is 24.4 Å².